The van der Waals surface area contributed by atoms with Crippen LogP contribution in [0, 0.1) is 11.7 Å². The smallest absolute Gasteiger partial charge is 0.222 e. The van der Waals surface area contributed by atoms with E-state index < -0.39 is 0 Å². The molecule has 2 rings (SSSR count). The van der Waals surface area contributed by atoms with Crippen LogP contribution >= 0.6 is 15.9 Å². The Morgan fingerprint density at radius 3 is 3.00 bits per heavy atom. The number of aliphatic hydroxyl groups is 1. The van der Waals surface area contributed by atoms with Crippen molar-refractivity contribution in [2.24, 2.45) is 5.92 Å². The molecule has 1 heterocycles. The predicted molar refractivity (Wildman–Crippen MR) is 78.8 cm³/mol. The van der Waals surface area contributed by atoms with E-state index in [-0.39, 0.29) is 24.2 Å². The molecule has 0 aromatic heterocycles. The van der Waals surface area contributed by atoms with Gasteiger partial charge in [-0.05, 0) is 42.9 Å². The highest BCUT2D eigenvalue weighted by molar-refractivity contribution is 9.10. The third-order valence-corrected chi connectivity index (χ3v) is 4.25. The normalized spacial score (nSPS) is 19.1. The van der Waals surface area contributed by atoms with Gasteiger partial charge in [0.2, 0.25) is 5.91 Å². The van der Waals surface area contributed by atoms with Gasteiger partial charge in [0.25, 0.3) is 0 Å². The molecule has 0 radical (unpaired) electrons. The maximum Gasteiger partial charge on any atom is 0.222 e. The fraction of sp³-hybridized carbons (Fsp3) is 0.533. The second-order valence-electron chi connectivity index (χ2n) is 5.27. The Bertz CT molecular complexity index is 481. The Morgan fingerprint density at radius 2 is 2.30 bits per heavy atom. The summed E-state index contributed by atoms with van der Waals surface area (Å²) in [6.45, 7) is 1.50. The van der Waals surface area contributed by atoms with Gasteiger partial charge < -0.3 is 10.0 Å². The first kappa shape index (κ1) is 15.4. The largest absolute Gasteiger partial charge is 0.396 e. The molecule has 1 atom stereocenters. The quantitative estimate of drug-likeness (QED) is 0.913. The minimum atomic E-state index is -0.279. The molecule has 0 bridgehead atoms. The Balaban J connectivity index is 1.88. The van der Waals surface area contributed by atoms with Crippen LogP contribution < -0.4 is 0 Å². The standard InChI is InChI=1S/C15H19BrFNO2/c16-13-5-3-12(14(17)8-13)4-6-15(20)18-7-1-2-11(9-18)10-19/h3,5,8,11,19H,1-2,4,6-7,9-10H2. The highest BCUT2D eigenvalue weighted by Gasteiger charge is 2.22. The van der Waals surface area contributed by atoms with Crippen molar-refractivity contribution in [2.45, 2.75) is 25.7 Å². The average Bonchev–Trinajstić information content (AvgIpc) is 2.46. The molecule has 5 heteroatoms. The van der Waals surface area contributed by atoms with Gasteiger partial charge in [0.15, 0.2) is 0 Å². The zero-order chi connectivity index (χ0) is 14.5. The van der Waals surface area contributed by atoms with E-state index in [9.17, 15) is 9.18 Å². The van der Waals surface area contributed by atoms with Gasteiger partial charge >= 0.3 is 0 Å². The second-order valence-corrected chi connectivity index (χ2v) is 6.18. The molecular formula is C15H19BrFNO2. The lowest BCUT2D eigenvalue weighted by molar-refractivity contribution is -0.133. The molecule has 1 unspecified atom stereocenters. The van der Waals surface area contributed by atoms with Crippen molar-refractivity contribution < 1.29 is 14.3 Å². The van der Waals surface area contributed by atoms with E-state index in [2.05, 4.69) is 15.9 Å². The third-order valence-electron chi connectivity index (χ3n) is 3.75. The summed E-state index contributed by atoms with van der Waals surface area (Å²) < 4.78 is 14.4. The minimum absolute atomic E-state index is 0.0467. The summed E-state index contributed by atoms with van der Waals surface area (Å²) in [5.74, 6) is -0.0401. The van der Waals surface area contributed by atoms with Crippen molar-refractivity contribution in [3.05, 3.63) is 34.1 Å². The van der Waals surface area contributed by atoms with Crippen molar-refractivity contribution in [3.8, 4) is 0 Å². The van der Waals surface area contributed by atoms with Crippen LogP contribution in [0.3, 0.4) is 0 Å². The molecule has 1 N–H and O–H groups in total. The van der Waals surface area contributed by atoms with Crippen LogP contribution in [0.15, 0.2) is 22.7 Å². The zero-order valence-electron chi connectivity index (χ0n) is 11.3. The van der Waals surface area contributed by atoms with Crippen LogP contribution in [0.5, 0.6) is 0 Å². The molecule has 0 aliphatic carbocycles. The first-order chi connectivity index (χ1) is 9.60. The number of hydrogen-bond acceptors (Lipinski definition) is 2. The number of likely N-dealkylation sites (tertiary alicyclic amines) is 1. The van der Waals surface area contributed by atoms with Crippen molar-refractivity contribution >= 4 is 21.8 Å². The highest BCUT2D eigenvalue weighted by atomic mass is 79.9. The van der Waals surface area contributed by atoms with Gasteiger partial charge in [-0.3, -0.25) is 4.79 Å². The molecule has 3 nitrogen and oxygen atoms in total. The third kappa shape index (κ3) is 4.03. The number of benzene rings is 1. The highest BCUT2D eigenvalue weighted by Crippen LogP contribution is 2.19. The molecule has 1 aliphatic rings. The molecule has 1 aromatic rings. The molecule has 1 saturated heterocycles. The molecular weight excluding hydrogens is 325 g/mol. The van der Waals surface area contributed by atoms with Gasteiger partial charge in [-0.1, -0.05) is 22.0 Å². The maximum absolute atomic E-state index is 13.7. The fourth-order valence-electron chi connectivity index (χ4n) is 2.56. The number of halogens is 2. The minimum Gasteiger partial charge on any atom is -0.396 e. The second kappa shape index (κ2) is 7.18. The van der Waals surface area contributed by atoms with E-state index in [0.717, 1.165) is 19.4 Å². The molecule has 20 heavy (non-hydrogen) atoms. The van der Waals surface area contributed by atoms with Crippen LogP contribution in [-0.4, -0.2) is 35.6 Å². The predicted octanol–water partition coefficient (Wildman–Crippen LogP) is 2.75. The topological polar surface area (TPSA) is 40.5 Å². The number of nitrogens with zero attached hydrogens (tertiary/aromatic N) is 1. The summed E-state index contributed by atoms with van der Waals surface area (Å²) >= 11 is 3.21. The van der Waals surface area contributed by atoms with Gasteiger partial charge in [-0.2, -0.15) is 0 Å². The number of rotatable bonds is 4. The summed E-state index contributed by atoms with van der Waals surface area (Å²) in [5.41, 5.74) is 0.567. The maximum atomic E-state index is 13.7. The van der Waals surface area contributed by atoms with Crippen LogP contribution in [-0.2, 0) is 11.2 Å². The van der Waals surface area contributed by atoms with Gasteiger partial charge in [0.1, 0.15) is 5.82 Å². The molecule has 1 aliphatic heterocycles. The van der Waals surface area contributed by atoms with Crippen molar-refractivity contribution in [1.29, 1.82) is 0 Å². The lowest BCUT2D eigenvalue weighted by Crippen LogP contribution is -2.41. The molecule has 110 valence electrons. The van der Waals surface area contributed by atoms with Gasteiger partial charge in [-0.15, -0.1) is 0 Å². The molecule has 1 aromatic carbocycles. The SMILES string of the molecule is O=C(CCc1ccc(Br)cc1F)N1CCCC(CO)C1. The number of hydrogen-bond donors (Lipinski definition) is 1. The number of carbonyl (C=O) groups excluding carboxylic acids is 1. The van der Waals surface area contributed by atoms with Crippen LogP contribution in [0.4, 0.5) is 4.39 Å². The van der Waals surface area contributed by atoms with Gasteiger partial charge in [-0.25, -0.2) is 4.39 Å². The van der Waals surface area contributed by atoms with E-state index in [1.807, 2.05) is 0 Å². The average molecular weight is 344 g/mol. The summed E-state index contributed by atoms with van der Waals surface area (Å²) in [6.07, 6.45) is 2.64. The molecule has 1 fully saturated rings. The van der Waals surface area contributed by atoms with E-state index in [1.54, 1.807) is 17.0 Å². The number of amides is 1. The molecule has 1 amide bonds. The number of piperidine rings is 1. The lowest BCUT2D eigenvalue weighted by Gasteiger charge is -2.32. The first-order valence-corrected chi connectivity index (χ1v) is 7.72. The van der Waals surface area contributed by atoms with E-state index >= 15 is 0 Å². The van der Waals surface area contributed by atoms with Gasteiger partial charge in [0.05, 0.1) is 0 Å². The monoisotopic (exact) mass is 343 g/mol. The van der Waals surface area contributed by atoms with Crippen molar-refractivity contribution in [2.75, 3.05) is 19.7 Å². The van der Waals surface area contributed by atoms with Crippen LogP contribution in [0.25, 0.3) is 0 Å². The van der Waals surface area contributed by atoms with Crippen LogP contribution in [0.1, 0.15) is 24.8 Å². The summed E-state index contributed by atoms with van der Waals surface area (Å²) in [5, 5.41) is 9.17. The summed E-state index contributed by atoms with van der Waals surface area (Å²) in [4.78, 5) is 13.9. The zero-order valence-corrected chi connectivity index (χ0v) is 12.9. The summed E-state index contributed by atoms with van der Waals surface area (Å²) in [7, 11) is 0. The van der Waals surface area contributed by atoms with Crippen LogP contribution in [0.2, 0.25) is 0 Å². The Hall–Kier alpha value is -0.940. The lowest BCUT2D eigenvalue weighted by atomic mass is 9.98. The number of aliphatic hydroxyl groups excluding tert-OH is 1. The molecule has 0 saturated carbocycles. The number of aryl methyl sites for hydroxylation is 1. The Labute approximate surface area is 126 Å². The Morgan fingerprint density at radius 1 is 1.50 bits per heavy atom. The van der Waals surface area contributed by atoms with E-state index in [1.165, 1.54) is 6.07 Å². The summed E-state index contributed by atoms with van der Waals surface area (Å²) in [6, 6.07) is 4.91. The van der Waals surface area contributed by atoms with Crippen molar-refractivity contribution in [1.82, 2.24) is 4.90 Å². The fourth-order valence-corrected chi connectivity index (χ4v) is 2.90. The Kier molecular flexibility index (Phi) is 5.54. The van der Waals surface area contributed by atoms with Crippen molar-refractivity contribution in [3.63, 3.8) is 0 Å². The van der Waals surface area contributed by atoms with E-state index in [4.69, 9.17) is 5.11 Å². The molecule has 0 spiro atoms. The van der Waals surface area contributed by atoms with E-state index in [0.29, 0.717) is 29.4 Å². The first-order valence-electron chi connectivity index (χ1n) is 6.92. The number of carbonyl (C=O) groups is 1. The van der Waals surface area contributed by atoms with Gasteiger partial charge in [0, 0.05) is 30.6 Å².